The molecule has 0 fully saturated rings. The number of halogens is 1. The van der Waals surface area contributed by atoms with Crippen molar-refractivity contribution in [3.63, 3.8) is 0 Å². The number of hydrogen-bond donors (Lipinski definition) is 0. The van der Waals surface area contributed by atoms with Gasteiger partial charge in [-0.05, 0) is 79.4 Å². The van der Waals surface area contributed by atoms with E-state index in [0.29, 0.717) is 26.4 Å². The molecule has 1 atom stereocenters. The number of allylic oxidation sites excluding steroid dienone is 1. The molecule has 4 rings (SSSR count). The second-order valence-electron chi connectivity index (χ2n) is 7.45. The minimum Gasteiger partial charge on any atom is -0.459 e. The van der Waals surface area contributed by atoms with Crippen LogP contribution in [0.15, 0.2) is 66.8 Å². The van der Waals surface area contributed by atoms with E-state index < -0.39 is 12.0 Å². The molecule has 3 heterocycles. The lowest BCUT2D eigenvalue weighted by Gasteiger charge is -2.25. The molecule has 166 valence electrons. The molecule has 0 N–H and O–H groups in total. The molecule has 0 amide bonds. The first-order valence-electron chi connectivity index (χ1n) is 9.91. The SMILES string of the molecule is CSc1ccc([C@H]2C(C(=O)OC(C)C)=C(C)N=c3s/c(=C\c4ccc(I)o4)c(=O)n32)cc1. The van der Waals surface area contributed by atoms with Gasteiger partial charge in [0.05, 0.1) is 27.9 Å². The van der Waals surface area contributed by atoms with Gasteiger partial charge in [-0.1, -0.05) is 23.5 Å². The number of furan rings is 1. The third kappa shape index (κ3) is 4.51. The van der Waals surface area contributed by atoms with Crippen LogP contribution in [0.25, 0.3) is 6.08 Å². The number of ether oxygens (including phenoxy) is 1. The fourth-order valence-electron chi connectivity index (χ4n) is 3.50. The van der Waals surface area contributed by atoms with Gasteiger partial charge in [0.15, 0.2) is 8.57 Å². The summed E-state index contributed by atoms with van der Waals surface area (Å²) >= 11 is 4.99. The fraction of sp³-hybridized carbons (Fsp3) is 0.261. The maximum atomic E-state index is 13.5. The number of nitrogens with zero attached hydrogens (tertiary/aromatic N) is 2. The third-order valence-corrected chi connectivity index (χ3v) is 7.19. The number of rotatable bonds is 5. The van der Waals surface area contributed by atoms with Crippen LogP contribution in [0.4, 0.5) is 0 Å². The van der Waals surface area contributed by atoms with Gasteiger partial charge >= 0.3 is 5.97 Å². The summed E-state index contributed by atoms with van der Waals surface area (Å²) in [5.74, 6) is 0.130. The summed E-state index contributed by atoms with van der Waals surface area (Å²) in [6.45, 7) is 5.39. The van der Waals surface area contributed by atoms with Crippen LogP contribution in [0.2, 0.25) is 0 Å². The number of hydrogen-bond acceptors (Lipinski definition) is 7. The zero-order chi connectivity index (χ0) is 23.0. The van der Waals surface area contributed by atoms with Crippen molar-refractivity contribution >= 4 is 57.7 Å². The monoisotopic (exact) mass is 580 g/mol. The third-order valence-electron chi connectivity index (χ3n) is 4.88. The molecule has 0 saturated carbocycles. The van der Waals surface area contributed by atoms with Crippen molar-refractivity contribution in [3.05, 3.63) is 82.4 Å². The molecular weight excluding hydrogens is 559 g/mol. The van der Waals surface area contributed by atoms with Crippen LogP contribution in [-0.4, -0.2) is 22.9 Å². The molecule has 32 heavy (non-hydrogen) atoms. The number of esters is 1. The maximum absolute atomic E-state index is 13.5. The summed E-state index contributed by atoms with van der Waals surface area (Å²) in [5, 5.41) is 0. The van der Waals surface area contributed by atoms with Crippen molar-refractivity contribution in [2.45, 2.75) is 37.8 Å². The molecule has 0 bridgehead atoms. The molecule has 1 aliphatic rings. The van der Waals surface area contributed by atoms with Gasteiger partial charge in [-0.15, -0.1) is 11.8 Å². The van der Waals surface area contributed by atoms with Gasteiger partial charge in [0.1, 0.15) is 5.76 Å². The smallest absolute Gasteiger partial charge is 0.338 e. The normalized spacial score (nSPS) is 16.3. The summed E-state index contributed by atoms with van der Waals surface area (Å²) in [6, 6.07) is 10.9. The Labute approximate surface area is 206 Å². The summed E-state index contributed by atoms with van der Waals surface area (Å²) in [7, 11) is 0. The Balaban J connectivity index is 1.93. The Bertz CT molecular complexity index is 1380. The zero-order valence-electron chi connectivity index (χ0n) is 17.9. The number of benzene rings is 1. The lowest BCUT2D eigenvalue weighted by molar-refractivity contribution is -0.143. The summed E-state index contributed by atoms with van der Waals surface area (Å²) < 4.78 is 13.9. The Morgan fingerprint density at radius 3 is 2.59 bits per heavy atom. The standard InChI is InChI=1S/C23H21IN2O4S2/c1-12(2)29-22(28)19-13(3)25-23-26(20(19)14-5-8-16(31-4)9-6-14)21(27)17(32-23)11-15-7-10-18(24)30-15/h5-12,20H,1-4H3/b17-11-/t20-/m0/s1. The van der Waals surface area contributed by atoms with Crippen molar-refractivity contribution in [3.8, 4) is 0 Å². The molecule has 3 aromatic rings. The van der Waals surface area contributed by atoms with E-state index in [9.17, 15) is 9.59 Å². The lowest BCUT2D eigenvalue weighted by atomic mass is 9.96. The average molecular weight is 580 g/mol. The van der Waals surface area contributed by atoms with Crippen LogP contribution >= 0.6 is 45.7 Å². The van der Waals surface area contributed by atoms with Gasteiger partial charge in [-0.2, -0.15) is 0 Å². The summed E-state index contributed by atoms with van der Waals surface area (Å²) in [6.07, 6.45) is 3.43. The molecule has 0 spiro atoms. The largest absolute Gasteiger partial charge is 0.459 e. The minimum atomic E-state index is -0.618. The van der Waals surface area contributed by atoms with E-state index in [4.69, 9.17) is 9.15 Å². The van der Waals surface area contributed by atoms with Gasteiger partial charge in [0.2, 0.25) is 0 Å². The van der Waals surface area contributed by atoms with E-state index in [-0.39, 0.29) is 11.7 Å². The van der Waals surface area contributed by atoms with E-state index in [1.807, 2.05) is 42.7 Å². The molecule has 0 unspecified atom stereocenters. The van der Waals surface area contributed by atoms with Gasteiger partial charge in [-0.3, -0.25) is 9.36 Å². The van der Waals surface area contributed by atoms with Crippen molar-refractivity contribution in [2.75, 3.05) is 6.26 Å². The molecule has 6 nitrogen and oxygen atoms in total. The predicted molar refractivity (Wildman–Crippen MR) is 135 cm³/mol. The molecule has 1 aromatic carbocycles. The molecule has 2 aromatic heterocycles. The first kappa shape index (κ1) is 23.1. The van der Waals surface area contributed by atoms with E-state index in [2.05, 4.69) is 27.6 Å². The van der Waals surface area contributed by atoms with Crippen molar-refractivity contribution < 1.29 is 13.9 Å². The molecule has 0 saturated heterocycles. The van der Waals surface area contributed by atoms with E-state index in [0.717, 1.165) is 14.2 Å². The highest BCUT2D eigenvalue weighted by Gasteiger charge is 2.33. The second-order valence-corrected chi connectivity index (χ2v) is 10.4. The van der Waals surface area contributed by atoms with Crippen LogP contribution in [0.1, 0.15) is 38.1 Å². The highest BCUT2D eigenvalue weighted by Crippen LogP contribution is 2.32. The number of carbonyl (C=O) groups excluding carboxylic acids is 1. The van der Waals surface area contributed by atoms with Crippen LogP contribution in [0.5, 0.6) is 0 Å². The van der Waals surface area contributed by atoms with Gasteiger partial charge in [-0.25, -0.2) is 9.79 Å². The average Bonchev–Trinajstić information content (AvgIpc) is 3.29. The number of thioether (sulfide) groups is 1. The van der Waals surface area contributed by atoms with Crippen LogP contribution < -0.4 is 14.9 Å². The summed E-state index contributed by atoms with van der Waals surface area (Å²) in [5.41, 5.74) is 1.53. The molecule has 0 radical (unpaired) electrons. The van der Waals surface area contributed by atoms with E-state index in [1.165, 1.54) is 11.3 Å². The number of fused-ring (bicyclic) bond motifs is 1. The number of carbonyl (C=O) groups is 1. The van der Waals surface area contributed by atoms with Crippen molar-refractivity contribution in [1.82, 2.24) is 4.57 Å². The Hall–Kier alpha value is -2.11. The van der Waals surface area contributed by atoms with Crippen molar-refractivity contribution in [1.29, 1.82) is 0 Å². The van der Waals surface area contributed by atoms with Crippen LogP contribution in [0, 0.1) is 3.77 Å². The second kappa shape index (κ2) is 9.40. The van der Waals surface area contributed by atoms with Gasteiger partial charge in [0, 0.05) is 11.0 Å². The highest BCUT2D eigenvalue weighted by atomic mass is 127. The topological polar surface area (TPSA) is 73.8 Å². The Kier molecular flexibility index (Phi) is 6.78. The first-order chi connectivity index (χ1) is 15.3. The van der Waals surface area contributed by atoms with E-state index in [1.54, 1.807) is 43.2 Å². The molecule has 0 aliphatic carbocycles. The number of thiazole rings is 1. The quantitative estimate of drug-likeness (QED) is 0.258. The molecular formula is C23H21IN2O4S2. The molecule has 1 aliphatic heterocycles. The van der Waals surface area contributed by atoms with Crippen LogP contribution in [0.3, 0.4) is 0 Å². The Morgan fingerprint density at radius 1 is 1.28 bits per heavy atom. The van der Waals surface area contributed by atoms with Crippen LogP contribution in [-0.2, 0) is 9.53 Å². The van der Waals surface area contributed by atoms with Gasteiger partial charge in [0.25, 0.3) is 5.56 Å². The van der Waals surface area contributed by atoms with Gasteiger partial charge < -0.3 is 9.15 Å². The zero-order valence-corrected chi connectivity index (χ0v) is 21.7. The number of aromatic nitrogens is 1. The summed E-state index contributed by atoms with van der Waals surface area (Å²) in [4.78, 5) is 32.8. The minimum absolute atomic E-state index is 0.221. The predicted octanol–water partition coefficient (Wildman–Crippen LogP) is 4.11. The Morgan fingerprint density at radius 2 is 2.00 bits per heavy atom. The highest BCUT2D eigenvalue weighted by molar-refractivity contribution is 14.1. The fourth-order valence-corrected chi connectivity index (χ4v) is 5.37. The van der Waals surface area contributed by atoms with E-state index >= 15 is 0 Å². The first-order valence-corrected chi connectivity index (χ1v) is 13.0. The lowest BCUT2D eigenvalue weighted by Crippen LogP contribution is -2.40. The maximum Gasteiger partial charge on any atom is 0.338 e. The molecule has 9 heteroatoms. The van der Waals surface area contributed by atoms with Crippen molar-refractivity contribution in [2.24, 2.45) is 4.99 Å².